The molecular weight excluding hydrogens is 448 g/mol. The van der Waals surface area contributed by atoms with Crippen LogP contribution in [0.15, 0.2) is 77.9 Å². The van der Waals surface area contributed by atoms with Gasteiger partial charge >= 0.3 is 5.97 Å². The molecule has 0 aliphatic carbocycles. The van der Waals surface area contributed by atoms with E-state index in [9.17, 15) is 19.7 Å². The minimum Gasteiger partial charge on any atom is -0.423 e. The molecule has 0 aliphatic rings. The molecule has 4 rings (SSSR count). The number of ether oxygens (including phenoxy) is 1. The van der Waals surface area contributed by atoms with Crippen LogP contribution in [0, 0.1) is 24.0 Å². The van der Waals surface area contributed by atoms with E-state index in [4.69, 9.17) is 4.74 Å². The zero-order valence-electron chi connectivity index (χ0n) is 18.9. The van der Waals surface area contributed by atoms with Gasteiger partial charge in [-0.25, -0.2) is 10.2 Å². The SMILES string of the molecule is Cc1ccc2nc(C)cc(C(=O)NN=Cc3ccc(OC(=O)c4cccc([N+](=O)[O-])c4)cc3)c2c1. The fourth-order valence-electron chi connectivity index (χ4n) is 3.42. The second-order valence-electron chi connectivity index (χ2n) is 7.80. The summed E-state index contributed by atoms with van der Waals surface area (Å²) >= 11 is 0. The van der Waals surface area contributed by atoms with Gasteiger partial charge in [-0.15, -0.1) is 0 Å². The van der Waals surface area contributed by atoms with Crippen LogP contribution in [0.25, 0.3) is 10.9 Å². The predicted octanol–water partition coefficient (Wildman–Crippen LogP) is 4.74. The number of esters is 1. The highest BCUT2D eigenvalue weighted by atomic mass is 16.6. The van der Waals surface area contributed by atoms with E-state index in [2.05, 4.69) is 15.5 Å². The second-order valence-corrected chi connectivity index (χ2v) is 7.80. The van der Waals surface area contributed by atoms with E-state index in [1.807, 2.05) is 32.0 Å². The maximum absolute atomic E-state index is 12.7. The summed E-state index contributed by atoms with van der Waals surface area (Å²) in [5.74, 6) is -0.806. The molecule has 35 heavy (non-hydrogen) atoms. The van der Waals surface area contributed by atoms with Crippen molar-refractivity contribution in [1.29, 1.82) is 0 Å². The first kappa shape index (κ1) is 23.2. The third-order valence-electron chi connectivity index (χ3n) is 5.10. The number of aromatic nitrogens is 1. The van der Waals surface area contributed by atoms with Crippen LogP contribution in [-0.4, -0.2) is 28.0 Å². The molecule has 3 aromatic carbocycles. The van der Waals surface area contributed by atoms with E-state index in [0.717, 1.165) is 28.2 Å². The molecule has 0 spiro atoms. The van der Waals surface area contributed by atoms with Gasteiger partial charge in [-0.1, -0.05) is 17.7 Å². The molecule has 9 nitrogen and oxygen atoms in total. The van der Waals surface area contributed by atoms with Crippen LogP contribution < -0.4 is 10.2 Å². The summed E-state index contributed by atoms with van der Waals surface area (Å²) in [5.41, 5.74) is 6.03. The number of nitrogens with zero attached hydrogens (tertiary/aromatic N) is 3. The maximum atomic E-state index is 12.7. The molecule has 0 atom stereocenters. The topological polar surface area (TPSA) is 124 Å². The van der Waals surface area contributed by atoms with Crippen molar-refractivity contribution < 1.29 is 19.2 Å². The Kier molecular flexibility index (Phi) is 6.59. The number of benzene rings is 3. The number of non-ortho nitro benzene ring substituents is 1. The summed E-state index contributed by atoms with van der Waals surface area (Å²) in [4.78, 5) is 39.8. The number of hydrogen-bond acceptors (Lipinski definition) is 7. The predicted molar refractivity (Wildman–Crippen MR) is 131 cm³/mol. The molecule has 1 N–H and O–H groups in total. The van der Waals surface area contributed by atoms with Gasteiger partial charge in [-0.3, -0.25) is 19.9 Å². The molecule has 0 radical (unpaired) electrons. The van der Waals surface area contributed by atoms with Gasteiger partial charge in [0.15, 0.2) is 0 Å². The van der Waals surface area contributed by atoms with Crippen molar-refractivity contribution in [1.82, 2.24) is 10.4 Å². The van der Waals surface area contributed by atoms with Crippen molar-refractivity contribution in [2.45, 2.75) is 13.8 Å². The molecule has 9 heteroatoms. The summed E-state index contributed by atoms with van der Waals surface area (Å²) in [6.07, 6.45) is 1.46. The number of carbonyl (C=O) groups excluding carboxylic acids is 2. The Labute approximate surface area is 200 Å². The van der Waals surface area contributed by atoms with Gasteiger partial charge in [0, 0.05) is 23.2 Å². The summed E-state index contributed by atoms with van der Waals surface area (Å²) < 4.78 is 5.27. The molecule has 0 fully saturated rings. The van der Waals surface area contributed by atoms with Crippen molar-refractivity contribution in [2.75, 3.05) is 0 Å². The Hall–Kier alpha value is -4.92. The average molecular weight is 468 g/mol. The highest BCUT2D eigenvalue weighted by Gasteiger charge is 2.14. The van der Waals surface area contributed by atoms with Gasteiger partial charge < -0.3 is 4.74 Å². The third-order valence-corrected chi connectivity index (χ3v) is 5.10. The summed E-state index contributed by atoms with van der Waals surface area (Å²) in [6, 6.07) is 19.2. The van der Waals surface area contributed by atoms with E-state index in [1.54, 1.807) is 30.3 Å². The van der Waals surface area contributed by atoms with Crippen LogP contribution >= 0.6 is 0 Å². The Balaban J connectivity index is 1.41. The minimum absolute atomic E-state index is 0.0709. The lowest BCUT2D eigenvalue weighted by molar-refractivity contribution is -0.384. The van der Waals surface area contributed by atoms with Crippen LogP contribution in [0.3, 0.4) is 0 Å². The lowest BCUT2D eigenvalue weighted by Gasteiger charge is -2.07. The molecule has 1 amide bonds. The quantitative estimate of drug-likeness (QED) is 0.143. The molecule has 1 aromatic heterocycles. The van der Waals surface area contributed by atoms with Gasteiger partial charge in [0.1, 0.15) is 5.75 Å². The molecule has 0 saturated carbocycles. The monoisotopic (exact) mass is 468 g/mol. The van der Waals surface area contributed by atoms with E-state index in [1.165, 1.54) is 24.4 Å². The molecule has 174 valence electrons. The van der Waals surface area contributed by atoms with Crippen molar-refractivity contribution in [2.24, 2.45) is 5.10 Å². The summed E-state index contributed by atoms with van der Waals surface area (Å²) in [7, 11) is 0. The highest BCUT2D eigenvalue weighted by Crippen LogP contribution is 2.20. The van der Waals surface area contributed by atoms with Crippen LogP contribution in [0.2, 0.25) is 0 Å². The van der Waals surface area contributed by atoms with E-state index in [-0.39, 0.29) is 22.9 Å². The smallest absolute Gasteiger partial charge is 0.343 e. The van der Waals surface area contributed by atoms with Crippen molar-refractivity contribution in [3.05, 3.63) is 111 Å². The van der Waals surface area contributed by atoms with E-state index in [0.29, 0.717) is 11.1 Å². The fraction of sp³-hybridized carbons (Fsp3) is 0.0769. The van der Waals surface area contributed by atoms with Crippen LogP contribution in [-0.2, 0) is 0 Å². The van der Waals surface area contributed by atoms with Crippen molar-refractivity contribution >= 4 is 34.7 Å². The number of hydrogen-bond donors (Lipinski definition) is 1. The normalized spacial score (nSPS) is 10.9. The highest BCUT2D eigenvalue weighted by molar-refractivity contribution is 6.06. The zero-order chi connectivity index (χ0) is 24.9. The number of pyridine rings is 1. The Bertz CT molecular complexity index is 1480. The van der Waals surface area contributed by atoms with Crippen LogP contribution in [0.1, 0.15) is 37.5 Å². The Morgan fingerprint density at radius 1 is 1.03 bits per heavy atom. The number of fused-ring (bicyclic) bond motifs is 1. The summed E-state index contributed by atoms with van der Waals surface area (Å²) in [6.45, 7) is 3.77. The van der Waals surface area contributed by atoms with Gasteiger partial charge in [-0.05, 0) is 67.9 Å². The molecule has 0 aliphatic heterocycles. The molecular formula is C26H20N4O5. The van der Waals surface area contributed by atoms with Gasteiger partial charge in [0.05, 0.1) is 27.8 Å². The number of hydrazone groups is 1. The molecule has 4 aromatic rings. The number of nitrogens with one attached hydrogen (secondary N) is 1. The Morgan fingerprint density at radius 3 is 2.54 bits per heavy atom. The zero-order valence-corrected chi connectivity index (χ0v) is 18.9. The molecule has 1 heterocycles. The molecule has 0 saturated heterocycles. The van der Waals surface area contributed by atoms with Gasteiger partial charge in [-0.2, -0.15) is 5.10 Å². The van der Waals surface area contributed by atoms with Crippen molar-refractivity contribution in [3.8, 4) is 5.75 Å². The van der Waals surface area contributed by atoms with E-state index < -0.39 is 10.9 Å². The Morgan fingerprint density at radius 2 is 1.80 bits per heavy atom. The maximum Gasteiger partial charge on any atom is 0.343 e. The number of nitro benzene ring substituents is 1. The number of carbonyl (C=O) groups is 2. The standard InChI is InChI=1S/C26H20N4O5/c1-16-6-11-24-22(12-16)23(13-17(2)28-24)25(31)29-27-15-18-7-9-21(10-8-18)35-26(32)19-4-3-5-20(14-19)30(33)34/h3-15H,1-2H3,(H,29,31). The first-order valence-electron chi connectivity index (χ1n) is 10.6. The van der Waals surface area contributed by atoms with Crippen molar-refractivity contribution in [3.63, 3.8) is 0 Å². The molecule has 0 unspecified atom stereocenters. The summed E-state index contributed by atoms with van der Waals surface area (Å²) in [5, 5.41) is 15.7. The lowest BCUT2D eigenvalue weighted by Crippen LogP contribution is -2.18. The number of amides is 1. The first-order chi connectivity index (χ1) is 16.8. The van der Waals surface area contributed by atoms with Gasteiger partial charge in [0.2, 0.25) is 0 Å². The second kappa shape index (κ2) is 9.92. The van der Waals surface area contributed by atoms with Gasteiger partial charge in [0.25, 0.3) is 11.6 Å². The van der Waals surface area contributed by atoms with Crippen LogP contribution in [0.4, 0.5) is 5.69 Å². The number of rotatable bonds is 6. The lowest BCUT2D eigenvalue weighted by atomic mass is 10.1. The number of nitro groups is 1. The first-order valence-corrected chi connectivity index (χ1v) is 10.6. The fourth-order valence-corrected chi connectivity index (χ4v) is 3.42. The largest absolute Gasteiger partial charge is 0.423 e. The van der Waals surface area contributed by atoms with E-state index >= 15 is 0 Å². The minimum atomic E-state index is -0.711. The number of aryl methyl sites for hydroxylation is 2. The molecule has 0 bridgehead atoms. The average Bonchev–Trinajstić information content (AvgIpc) is 2.84. The third kappa shape index (κ3) is 5.53. The van der Waals surface area contributed by atoms with Crippen LogP contribution in [0.5, 0.6) is 5.75 Å².